The summed E-state index contributed by atoms with van der Waals surface area (Å²) in [6.07, 6.45) is 0. The minimum Gasteiger partial charge on any atom is -0.462 e. The molecule has 0 aliphatic rings. The van der Waals surface area contributed by atoms with Crippen LogP contribution in [0.3, 0.4) is 0 Å². The van der Waals surface area contributed by atoms with Gasteiger partial charge in [0.1, 0.15) is 4.90 Å². The molecule has 0 aliphatic carbocycles. The first-order valence-corrected chi connectivity index (χ1v) is 9.66. The van der Waals surface area contributed by atoms with Crippen molar-refractivity contribution in [2.45, 2.75) is 18.4 Å². The average molecular weight is 413 g/mol. The number of carbonyl (C=O) groups excluding carboxylic acids is 1. The maximum Gasteiger partial charge on any atom is 0.394 e. The zero-order valence-corrected chi connectivity index (χ0v) is 16.0. The van der Waals surface area contributed by atoms with Crippen molar-refractivity contribution < 1.29 is 26.9 Å². The van der Waals surface area contributed by atoms with Gasteiger partial charge in [-0.25, -0.2) is 4.79 Å². The lowest BCUT2D eigenvalue weighted by Crippen LogP contribution is -2.39. The standard InChI is InChI=1S/C17H18ClN3O5S/c1-2-25-16(22)13-9-7-12(8-10-13)11-26-21(17(19)20)27(23,24)15-6-4-3-5-14(15)18/h3-10H,2,11H2,1H3,(H3,19,20)/p+1. The van der Waals surface area contributed by atoms with Crippen molar-refractivity contribution in [2.75, 3.05) is 6.61 Å². The summed E-state index contributed by atoms with van der Waals surface area (Å²) in [4.78, 5) is 16.7. The second-order valence-electron chi connectivity index (χ2n) is 5.28. The van der Waals surface area contributed by atoms with Crippen LogP contribution in [0.1, 0.15) is 22.8 Å². The first-order valence-electron chi connectivity index (χ1n) is 7.84. The molecule has 0 saturated heterocycles. The Hall–Kier alpha value is -2.78. The Bertz CT molecular complexity index is 955. The summed E-state index contributed by atoms with van der Waals surface area (Å²) >= 11 is 5.95. The minimum atomic E-state index is -4.21. The van der Waals surface area contributed by atoms with Gasteiger partial charge in [0.05, 0.1) is 17.2 Å². The Balaban J connectivity index is 2.20. The molecular weight excluding hydrogens is 394 g/mol. The number of hydrogen-bond donors (Lipinski definition) is 2. The van der Waals surface area contributed by atoms with Crippen LogP contribution in [0.4, 0.5) is 0 Å². The number of benzene rings is 2. The predicted octanol–water partition coefficient (Wildman–Crippen LogP) is 1.62. The van der Waals surface area contributed by atoms with Crippen LogP contribution in [0.2, 0.25) is 5.02 Å². The number of hydrogen-bond acceptors (Lipinski definition) is 5. The number of ether oxygens (including phenoxy) is 1. The van der Waals surface area contributed by atoms with Crippen molar-refractivity contribution in [2.24, 2.45) is 11.5 Å². The molecule has 0 radical (unpaired) electrons. The van der Waals surface area contributed by atoms with Gasteiger partial charge < -0.3 is 9.57 Å². The van der Waals surface area contributed by atoms with E-state index in [0.717, 1.165) is 0 Å². The molecule has 0 spiro atoms. The van der Waals surface area contributed by atoms with Crippen LogP contribution < -0.4 is 11.5 Å². The van der Waals surface area contributed by atoms with E-state index in [0.29, 0.717) is 15.3 Å². The molecule has 27 heavy (non-hydrogen) atoms. The highest BCUT2D eigenvalue weighted by Crippen LogP contribution is 2.22. The molecule has 144 valence electrons. The number of halogens is 1. The highest BCUT2D eigenvalue weighted by Gasteiger charge is 2.29. The quantitative estimate of drug-likeness (QED) is 0.233. The fourth-order valence-corrected chi connectivity index (χ4v) is 3.75. The molecule has 4 N–H and O–H groups in total. The summed E-state index contributed by atoms with van der Waals surface area (Å²) in [5.41, 5.74) is 11.9. The number of nitrogens with two attached hydrogens (primary N) is 2. The van der Waals surface area contributed by atoms with Crippen molar-refractivity contribution in [3.63, 3.8) is 0 Å². The molecule has 0 amide bonds. The summed E-state index contributed by atoms with van der Waals surface area (Å²) in [6.45, 7) is 1.82. The Kier molecular flexibility index (Phi) is 6.65. The average Bonchev–Trinajstić information content (AvgIpc) is 2.62. The molecule has 0 fully saturated rings. The highest BCUT2D eigenvalue weighted by molar-refractivity contribution is 7.85. The van der Waals surface area contributed by atoms with Crippen molar-refractivity contribution in [1.82, 2.24) is 0 Å². The third-order valence-electron chi connectivity index (χ3n) is 3.36. The van der Waals surface area contributed by atoms with E-state index in [1.807, 2.05) is 0 Å². The van der Waals surface area contributed by atoms with E-state index >= 15 is 0 Å². The second-order valence-corrected chi connectivity index (χ2v) is 7.41. The summed E-state index contributed by atoms with van der Waals surface area (Å²) in [6, 6.07) is 12.1. The molecule has 0 saturated carbocycles. The normalized spacial score (nSPS) is 10.9. The predicted molar refractivity (Wildman–Crippen MR) is 99.5 cm³/mol. The number of rotatable bonds is 7. The molecular formula is C17H19ClN3O5S+. The Morgan fingerprint density at radius 2 is 1.74 bits per heavy atom. The van der Waals surface area contributed by atoms with Gasteiger partial charge in [0, 0.05) is 4.14 Å². The van der Waals surface area contributed by atoms with Crippen LogP contribution in [-0.4, -0.2) is 31.1 Å². The number of carbonyl (C=O) groups is 1. The van der Waals surface area contributed by atoms with E-state index in [9.17, 15) is 13.2 Å². The van der Waals surface area contributed by atoms with Crippen LogP contribution in [0, 0.1) is 0 Å². The SMILES string of the molecule is CCOC(=O)c1ccc(CO[N+](=C(N)N)S(=O)(=O)c2ccccc2Cl)cc1. The molecule has 0 bridgehead atoms. The zero-order valence-electron chi connectivity index (χ0n) is 14.5. The van der Waals surface area contributed by atoms with Gasteiger partial charge in [-0.05, 0) is 36.8 Å². The molecule has 0 aromatic heterocycles. The topological polar surface area (TPSA) is 125 Å². The number of esters is 1. The molecule has 0 unspecified atom stereocenters. The molecule has 2 aromatic carbocycles. The Labute approximate surface area is 162 Å². The minimum absolute atomic E-state index is 0.00568. The van der Waals surface area contributed by atoms with Gasteiger partial charge >= 0.3 is 22.0 Å². The number of guanidine groups is 1. The summed E-state index contributed by atoms with van der Waals surface area (Å²) in [7, 11) is -4.21. The van der Waals surface area contributed by atoms with Gasteiger partial charge in [0.2, 0.25) is 0 Å². The third-order valence-corrected chi connectivity index (χ3v) is 5.46. The van der Waals surface area contributed by atoms with Crippen molar-refractivity contribution >= 4 is 33.6 Å². The summed E-state index contributed by atoms with van der Waals surface area (Å²) < 4.78 is 30.7. The molecule has 2 aromatic rings. The molecule has 0 heterocycles. The van der Waals surface area contributed by atoms with Crippen LogP contribution in [-0.2, 0) is 26.2 Å². The highest BCUT2D eigenvalue weighted by atomic mass is 35.5. The van der Waals surface area contributed by atoms with Crippen molar-refractivity contribution in [1.29, 1.82) is 0 Å². The summed E-state index contributed by atoms with van der Waals surface area (Å²) in [5.74, 6) is -1.02. The van der Waals surface area contributed by atoms with Crippen LogP contribution >= 0.6 is 11.6 Å². The van der Waals surface area contributed by atoms with Crippen molar-refractivity contribution in [3.05, 3.63) is 64.7 Å². The summed E-state index contributed by atoms with van der Waals surface area (Å²) in [5, 5.41) is 0.00568. The number of nitrogens with zero attached hydrogens (tertiary/aromatic N) is 1. The molecule has 2 rings (SSSR count). The fourth-order valence-electron chi connectivity index (χ4n) is 2.11. The van der Waals surface area contributed by atoms with Gasteiger partial charge in [-0.3, -0.25) is 11.5 Å². The molecule has 0 atom stereocenters. The van der Waals surface area contributed by atoms with E-state index in [1.54, 1.807) is 37.3 Å². The van der Waals surface area contributed by atoms with Gasteiger partial charge in [-0.1, -0.05) is 35.9 Å². The van der Waals surface area contributed by atoms with Gasteiger partial charge in [0.25, 0.3) is 0 Å². The molecule has 8 nitrogen and oxygen atoms in total. The van der Waals surface area contributed by atoms with Gasteiger partial charge in [-0.2, -0.15) is 8.42 Å². The first kappa shape index (κ1) is 20.5. The van der Waals surface area contributed by atoms with Crippen LogP contribution in [0.15, 0.2) is 53.4 Å². The monoisotopic (exact) mass is 412 g/mol. The Morgan fingerprint density at radius 3 is 2.30 bits per heavy atom. The van der Waals surface area contributed by atoms with Crippen LogP contribution in [0.25, 0.3) is 0 Å². The van der Waals surface area contributed by atoms with E-state index < -0.39 is 22.0 Å². The molecule has 0 aliphatic heterocycles. The van der Waals surface area contributed by atoms with Gasteiger partial charge in [-0.15, -0.1) is 0 Å². The smallest absolute Gasteiger partial charge is 0.394 e. The largest absolute Gasteiger partial charge is 0.462 e. The zero-order chi connectivity index (χ0) is 20.0. The third kappa shape index (κ3) is 4.89. The maximum absolute atomic E-state index is 12.7. The lowest BCUT2D eigenvalue weighted by atomic mass is 10.1. The Morgan fingerprint density at radius 1 is 1.11 bits per heavy atom. The lowest BCUT2D eigenvalue weighted by molar-refractivity contribution is -0.683. The van der Waals surface area contributed by atoms with E-state index in [-0.39, 0.29) is 23.1 Å². The van der Waals surface area contributed by atoms with E-state index in [2.05, 4.69) is 0 Å². The van der Waals surface area contributed by atoms with E-state index in [1.165, 1.54) is 18.2 Å². The number of sulfonamides is 1. The van der Waals surface area contributed by atoms with E-state index in [4.69, 9.17) is 32.6 Å². The van der Waals surface area contributed by atoms with Crippen LogP contribution in [0.5, 0.6) is 0 Å². The fraction of sp³-hybridized carbons (Fsp3) is 0.176. The molecule has 10 heteroatoms. The first-order chi connectivity index (χ1) is 12.8. The second kappa shape index (κ2) is 8.74. The van der Waals surface area contributed by atoms with Gasteiger partial charge in [0.15, 0.2) is 6.61 Å². The van der Waals surface area contributed by atoms with Crippen molar-refractivity contribution in [3.8, 4) is 0 Å². The maximum atomic E-state index is 12.7. The lowest BCUT2D eigenvalue weighted by Gasteiger charge is -2.11.